The van der Waals surface area contributed by atoms with Crippen LogP contribution in [-0.2, 0) is 4.79 Å². The van der Waals surface area contributed by atoms with Gasteiger partial charge in [-0.3, -0.25) is 4.79 Å². The van der Waals surface area contributed by atoms with E-state index in [4.69, 9.17) is 4.52 Å². The molecular formula is C10H10N4O2. The van der Waals surface area contributed by atoms with Gasteiger partial charge in [-0.2, -0.15) is 0 Å². The number of ketones is 1. The zero-order chi connectivity index (χ0) is 11.0. The predicted molar refractivity (Wildman–Crippen MR) is 54.8 cm³/mol. The van der Waals surface area contributed by atoms with Crippen LogP contribution in [0.2, 0.25) is 0 Å². The van der Waals surface area contributed by atoms with Crippen LogP contribution in [0.1, 0.15) is 18.0 Å². The molecule has 1 saturated heterocycles. The molecule has 0 bridgehead atoms. The van der Waals surface area contributed by atoms with Gasteiger partial charge in [0.05, 0.1) is 5.92 Å². The lowest BCUT2D eigenvalue weighted by Crippen LogP contribution is -2.35. The number of nitrogens with zero attached hydrogens (tertiary/aromatic N) is 3. The lowest BCUT2D eigenvalue weighted by molar-refractivity contribution is -0.121. The molecule has 0 aromatic carbocycles. The van der Waals surface area contributed by atoms with Crippen molar-refractivity contribution in [1.82, 2.24) is 20.4 Å². The summed E-state index contributed by atoms with van der Waals surface area (Å²) < 4.78 is 5.05. The topological polar surface area (TPSA) is 80.9 Å². The summed E-state index contributed by atoms with van der Waals surface area (Å²) in [6.07, 6.45) is 3.64. The Kier molecular flexibility index (Phi) is 2.14. The Balaban J connectivity index is 2.08. The molecule has 1 unspecified atom stereocenters. The fourth-order valence-corrected chi connectivity index (χ4v) is 1.93. The monoisotopic (exact) mass is 218 g/mol. The largest absolute Gasteiger partial charge is 0.334 e. The third-order valence-electron chi connectivity index (χ3n) is 2.75. The molecule has 1 fully saturated rings. The van der Waals surface area contributed by atoms with Gasteiger partial charge in [-0.15, -0.1) is 0 Å². The van der Waals surface area contributed by atoms with Crippen LogP contribution in [0.15, 0.2) is 16.9 Å². The first kappa shape index (κ1) is 9.41. The maximum absolute atomic E-state index is 11.8. The smallest absolute Gasteiger partial charge is 0.276 e. The molecule has 0 amide bonds. The summed E-state index contributed by atoms with van der Waals surface area (Å²) in [5, 5.41) is 7.08. The lowest BCUT2D eigenvalue weighted by atomic mass is 9.94. The number of carbonyl (C=O) groups is 1. The minimum Gasteiger partial charge on any atom is -0.334 e. The molecule has 1 aliphatic rings. The van der Waals surface area contributed by atoms with E-state index >= 15 is 0 Å². The highest BCUT2D eigenvalue weighted by Crippen LogP contribution is 2.24. The van der Waals surface area contributed by atoms with Crippen molar-refractivity contribution in [3.05, 3.63) is 18.1 Å². The van der Waals surface area contributed by atoms with E-state index in [2.05, 4.69) is 20.4 Å². The van der Waals surface area contributed by atoms with Gasteiger partial charge >= 0.3 is 0 Å². The zero-order valence-electron chi connectivity index (χ0n) is 8.51. The van der Waals surface area contributed by atoms with Crippen molar-refractivity contribution in [3.8, 4) is 0 Å². The molecule has 3 heterocycles. The number of hydrogen-bond donors (Lipinski definition) is 1. The summed E-state index contributed by atoms with van der Waals surface area (Å²) >= 11 is 0. The number of hydrogen-bond acceptors (Lipinski definition) is 6. The van der Waals surface area contributed by atoms with E-state index in [-0.39, 0.29) is 11.7 Å². The number of aromatic nitrogens is 3. The van der Waals surface area contributed by atoms with Gasteiger partial charge < -0.3 is 9.84 Å². The van der Waals surface area contributed by atoms with E-state index in [1.807, 2.05) is 0 Å². The molecule has 0 spiro atoms. The fraction of sp³-hybridized carbons (Fsp3) is 0.400. The van der Waals surface area contributed by atoms with Gasteiger partial charge in [0.25, 0.3) is 5.71 Å². The quantitative estimate of drug-likeness (QED) is 0.739. The molecule has 2 aromatic rings. The van der Waals surface area contributed by atoms with Gasteiger partial charge in [0.15, 0.2) is 5.52 Å². The van der Waals surface area contributed by atoms with Gasteiger partial charge in [0.2, 0.25) is 0 Å². The fourth-order valence-electron chi connectivity index (χ4n) is 1.93. The number of rotatable bonds is 1. The molecule has 3 rings (SSSR count). The molecular weight excluding hydrogens is 208 g/mol. The molecule has 0 aliphatic carbocycles. The van der Waals surface area contributed by atoms with Gasteiger partial charge in [0.1, 0.15) is 11.5 Å². The average Bonchev–Trinajstić information content (AvgIpc) is 2.74. The Morgan fingerprint density at radius 2 is 2.25 bits per heavy atom. The SMILES string of the molecule is O=C1CCNCC1c1noc2nccnc12. The highest BCUT2D eigenvalue weighted by Gasteiger charge is 2.29. The van der Waals surface area contributed by atoms with Crippen LogP contribution in [0.4, 0.5) is 0 Å². The third-order valence-corrected chi connectivity index (χ3v) is 2.75. The van der Waals surface area contributed by atoms with Crippen molar-refractivity contribution >= 4 is 17.0 Å². The Morgan fingerprint density at radius 1 is 1.38 bits per heavy atom. The maximum atomic E-state index is 11.8. The summed E-state index contributed by atoms with van der Waals surface area (Å²) in [6.45, 7) is 1.33. The van der Waals surface area contributed by atoms with Crippen LogP contribution in [0.5, 0.6) is 0 Å². The number of nitrogens with one attached hydrogen (secondary N) is 1. The van der Waals surface area contributed by atoms with E-state index < -0.39 is 0 Å². The van der Waals surface area contributed by atoms with Crippen LogP contribution in [-0.4, -0.2) is 34.0 Å². The highest BCUT2D eigenvalue weighted by atomic mass is 16.5. The molecule has 2 aromatic heterocycles. The number of carbonyl (C=O) groups excluding carboxylic acids is 1. The number of piperidine rings is 1. The minimum atomic E-state index is -0.258. The first-order valence-corrected chi connectivity index (χ1v) is 5.16. The van der Waals surface area contributed by atoms with Crippen molar-refractivity contribution in [3.63, 3.8) is 0 Å². The molecule has 6 heteroatoms. The number of fused-ring (bicyclic) bond motifs is 1. The van der Waals surface area contributed by atoms with Crippen molar-refractivity contribution in [2.45, 2.75) is 12.3 Å². The second-order valence-corrected chi connectivity index (χ2v) is 3.75. The van der Waals surface area contributed by atoms with Gasteiger partial charge in [0, 0.05) is 31.9 Å². The Bertz CT molecular complexity index is 536. The first-order chi connectivity index (χ1) is 7.86. The van der Waals surface area contributed by atoms with Crippen molar-refractivity contribution in [1.29, 1.82) is 0 Å². The Labute approximate surface area is 91.0 Å². The summed E-state index contributed by atoms with van der Waals surface area (Å²) in [6, 6.07) is 0. The lowest BCUT2D eigenvalue weighted by Gasteiger charge is -2.19. The van der Waals surface area contributed by atoms with E-state index in [9.17, 15) is 4.79 Å². The molecule has 0 radical (unpaired) electrons. The molecule has 0 saturated carbocycles. The average molecular weight is 218 g/mol. The first-order valence-electron chi connectivity index (χ1n) is 5.16. The summed E-state index contributed by atoms with van der Waals surface area (Å²) in [7, 11) is 0. The minimum absolute atomic E-state index is 0.180. The molecule has 82 valence electrons. The van der Waals surface area contributed by atoms with E-state index in [1.54, 1.807) is 6.20 Å². The predicted octanol–water partition coefficient (Wildman–Crippen LogP) is 0.264. The molecule has 1 atom stereocenters. The summed E-state index contributed by atoms with van der Waals surface area (Å²) in [5.41, 5.74) is 1.57. The summed E-state index contributed by atoms with van der Waals surface area (Å²) in [4.78, 5) is 19.9. The van der Waals surface area contributed by atoms with Crippen LogP contribution in [0, 0.1) is 0 Å². The van der Waals surface area contributed by atoms with Crippen molar-refractivity contribution < 1.29 is 9.32 Å². The molecule has 16 heavy (non-hydrogen) atoms. The van der Waals surface area contributed by atoms with Crippen molar-refractivity contribution in [2.75, 3.05) is 13.1 Å². The van der Waals surface area contributed by atoms with Gasteiger partial charge in [-0.1, -0.05) is 5.16 Å². The van der Waals surface area contributed by atoms with Crippen LogP contribution in [0.3, 0.4) is 0 Å². The summed E-state index contributed by atoms with van der Waals surface area (Å²) in [5.74, 6) is -0.0775. The molecule has 1 N–H and O–H groups in total. The van der Waals surface area contributed by atoms with Crippen LogP contribution < -0.4 is 5.32 Å². The molecule has 1 aliphatic heterocycles. The third kappa shape index (κ3) is 1.38. The van der Waals surface area contributed by atoms with E-state index in [1.165, 1.54) is 6.20 Å². The highest BCUT2D eigenvalue weighted by molar-refractivity contribution is 5.89. The van der Waals surface area contributed by atoms with Crippen LogP contribution in [0.25, 0.3) is 11.2 Å². The number of Topliss-reactive ketones (excluding diaryl/α,β-unsaturated/α-hetero) is 1. The van der Waals surface area contributed by atoms with Gasteiger partial charge in [-0.05, 0) is 0 Å². The van der Waals surface area contributed by atoms with Crippen LogP contribution >= 0.6 is 0 Å². The second kappa shape index (κ2) is 3.64. The molecule has 6 nitrogen and oxygen atoms in total. The second-order valence-electron chi connectivity index (χ2n) is 3.75. The van der Waals surface area contributed by atoms with E-state index in [0.29, 0.717) is 29.9 Å². The zero-order valence-corrected chi connectivity index (χ0v) is 8.51. The standard InChI is InChI=1S/C10H10N4O2/c15-7-1-2-11-5-6(7)8-9-10(16-14-8)13-4-3-12-9/h3-4,6,11H,1-2,5H2. The van der Waals surface area contributed by atoms with E-state index in [0.717, 1.165) is 6.54 Å². The maximum Gasteiger partial charge on any atom is 0.276 e. The Hall–Kier alpha value is -1.82. The van der Waals surface area contributed by atoms with Gasteiger partial charge in [-0.25, -0.2) is 9.97 Å². The Morgan fingerprint density at radius 3 is 3.12 bits per heavy atom. The normalized spacial score (nSPS) is 21.5. The van der Waals surface area contributed by atoms with Crippen molar-refractivity contribution in [2.24, 2.45) is 0 Å².